The zero-order chi connectivity index (χ0) is 30.4. The van der Waals surface area contributed by atoms with Crippen LogP contribution in [0.25, 0.3) is 17.2 Å². The van der Waals surface area contributed by atoms with Gasteiger partial charge in [0, 0.05) is 16.8 Å². The number of pyridine rings is 1. The van der Waals surface area contributed by atoms with Crippen molar-refractivity contribution in [3.63, 3.8) is 0 Å². The molecule has 1 amide bonds. The average Bonchev–Trinajstić information content (AvgIpc) is 3.55. The summed E-state index contributed by atoms with van der Waals surface area (Å²) in [5.74, 6) is -1.57. The summed E-state index contributed by atoms with van der Waals surface area (Å²) in [5, 5.41) is 20.5. The van der Waals surface area contributed by atoms with Crippen LogP contribution in [0, 0.1) is 5.41 Å². The lowest BCUT2D eigenvalue weighted by Crippen LogP contribution is -2.37. The number of benzene rings is 1. The molecule has 11 nitrogen and oxygen atoms in total. The molecule has 1 aromatic carbocycles. The minimum Gasteiger partial charge on any atom is -0.382 e. The topological polar surface area (TPSA) is 133 Å². The number of nitrogens with one attached hydrogen (secondary N) is 1. The second-order valence-electron chi connectivity index (χ2n) is 9.45. The van der Waals surface area contributed by atoms with Crippen molar-refractivity contribution >= 4 is 23.2 Å². The number of carbonyl (C=O) groups excluding carboxylic acids is 1. The van der Waals surface area contributed by atoms with E-state index in [0.29, 0.717) is 9.59 Å². The fourth-order valence-corrected chi connectivity index (χ4v) is 4.21. The maximum absolute atomic E-state index is 13.4. The van der Waals surface area contributed by atoms with E-state index in [1.54, 1.807) is 0 Å². The molecule has 42 heavy (non-hydrogen) atoms. The molecule has 0 unspecified atom stereocenters. The number of rotatable bonds is 8. The van der Waals surface area contributed by atoms with E-state index in [1.807, 2.05) is 0 Å². The van der Waals surface area contributed by atoms with E-state index in [1.165, 1.54) is 42.6 Å². The summed E-state index contributed by atoms with van der Waals surface area (Å²) >= 11 is 5.88. The second kappa shape index (κ2) is 10.5. The maximum Gasteiger partial charge on any atom is 0.416 e. The van der Waals surface area contributed by atoms with Gasteiger partial charge in [-0.1, -0.05) is 11.6 Å². The summed E-state index contributed by atoms with van der Waals surface area (Å²) in [6.45, 7) is -1.58. The van der Waals surface area contributed by atoms with Gasteiger partial charge < -0.3 is 10.4 Å². The minimum absolute atomic E-state index is 0.0716. The van der Waals surface area contributed by atoms with Crippen LogP contribution in [0.2, 0.25) is 5.02 Å². The Bertz CT molecular complexity index is 1670. The third-order valence-electron chi connectivity index (χ3n) is 6.57. The van der Waals surface area contributed by atoms with Crippen LogP contribution in [0.5, 0.6) is 0 Å². The maximum atomic E-state index is 13.4. The van der Waals surface area contributed by atoms with Crippen LogP contribution < -0.4 is 11.0 Å². The molecule has 0 radical (unpaired) electrons. The molecule has 2 N–H and O–H groups in total. The Morgan fingerprint density at radius 3 is 2.38 bits per heavy atom. The Kier molecular flexibility index (Phi) is 7.34. The van der Waals surface area contributed by atoms with E-state index >= 15 is 0 Å². The highest BCUT2D eigenvalue weighted by molar-refractivity contribution is 6.30. The number of alkyl halides is 6. The number of aliphatic hydroxyl groups is 1. The number of anilines is 1. The molecule has 0 saturated heterocycles. The quantitative estimate of drug-likeness (QED) is 0.289. The molecular weight excluding hydrogens is 598 g/mol. The van der Waals surface area contributed by atoms with Gasteiger partial charge >= 0.3 is 18.0 Å². The third kappa shape index (κ3) is 5.61. The highest BCUT2D eigenvalue weighted by Crippen LogP contribution is 2.58. The van der Waals surface area contributed by atoms with Gasteiger partial charge in [0.25, 0.3) is 0 Å². The molecule has 0 spiro atoms. The number of amides is 1. The molecule has 18 heteroatoms. The molecule has 3 aromatic heterocycles. The van der Waals surface area contributed by atoms with Crippen molar-refractivity contribution in [2.75, 3.05) is 5.32 Å². The predicted molar refractivity (Wildman–Crippen MR) is 134 cm³/mol. The molecule has 0 bridgehead atoms. The van der Waals surface area contributed by atoms with E-state index < -0.39 is 48.6 Å². The van der Waals surface area contributed by atoms with Crippen LogP contribution in [0.15, 0.2) is 53.7 Å². The largest absolute Gasteiger partial charge is 0.416 e. The lowest BCUT2D eigenvalue weighted by Gasteiger charge is -2.19. The lowest BCUT2D eigenvalue weighted by atomic mass is 10.1. The molecule has 0 aliphatic heterocycles. The molecule has 222 valence electrons. The molecular formula is C24H19ClF6N8O3. The van der Waals surface area contributed by atoms with E-state index in [2.05, 4.69) is 25.5 Å². The van der Waals surface area contributed by atoms with Crippen LogP contribution in [-0.2, 0) is 17.9 Å². The molecule has 1 fully saturated rings. The summed E-state index contributed by atoms with van der Waals surface area (Å²) in [6.07, 6.45) is -10.8. The monoisotopic (exact) mass is 616 g/mol. The number of carbonyl (C=O) groups is 1. The fourth-order valence-electron chi connectivity index (χ4n) is 4.09. The van der Waals surface area contributed by atoms with Gasteiger partial charge in [-0.15, -0.1) is 10.2 Å². The number of aliphatic hydroxyl groups excluding tert-OH is 1. The Balaban J connectivity index is 1.43. The van der Waals surface area contributed by atoms with Gasteiger partial charge in [0.2, 0.25) is 5.91 Å². The van der Waals surface area contributed by atoms with Crippen LogP contribution in [0.4, 0.5) is 32.0 Å². The zero-order valence-electron chi connectivity index (χ0n) is 21.1. The standard InChI is InChI=1S/C24H19ClF6N8O3/c25-14-5-3-13(4-6-14)18-36-38(21(42)37(18)10-16(40)23(26,27)28)11-17-33-12-39(35-17)19-15(2-1-9-32-19)34-20(41)22(7-8-22)24(29,30)31/h1-6,9,12,16,40H,7-8,10-11H2,(H,34,41)/t16-/m0/s1. The smallest absolute Gasteiger partial charge is 0.382 e. The Hall–Kier alpha value is -4.25. The van der Waals surface area contributed by atoms with Gasteiger partial charge in [-0.3, -0.25) is 9.36 Å². The van der Waals surface area contributed by atoms with Crippen molar-refractivity contribution in [3.05, 3.63) is 70.3 Å². The molecule has 5 rings (SSSR count). The first-order chi connectivity index (χ1) is 19.7. The summed E-state index contributed by atoms with van der Waals surface area (Å²) < 4.78 is 81.9. The highest BCUT2D eigenvalue weighted by Gasteiger charge is 2.68. The van der Waals surface area contributed by atoms with E-state index in [0.717, 1.165) is 15.7 Å². The number of halogens is 7. The van der Waals surface area contributed by atoms with Gasteiger partial charge in [0.05, 0.1) is 12.2 Å². The Morgan fingerprint density at radius 2 is 1.76 bits per heavy atom. The SMILES string of the molecule is O=C(Nc1cccnc1-n1cnc(Cn2nc(-c3ccc(Cl)cc3)n(C[C@H](O)C(F)(F)F)c2=O)n1)C1(C(F)(F)F)CC1. The molecule has 1 saturated carbocycles. The summed E-state index contributed by atoms with van der Waals surface area (Å²) in [4.78, 5) is 33.6. The minimum atomic E-state index is -5.01. The van der Waals surface area contributed by atoms with Crippen LogP contribution >= 0.6 is 11.6 Å². The second-order valence-corrected chi connectivity index (χ2v) is 9.89. The van der Waals surface area contributed by atoms with Crippen molar-refractivity contribution in [1.82, 2.24) is 34.1 Å². The van der Waals surface area contributed by atoms with E-state index in [9.17, 15) is 41.0 Å². The Labute approximate surface area is 236 Å². The van der Waals surface area contributed by atoms with Crippen LogP contribution in [0.3, 0.4) is 0 Å². The molecule has 1 atom stereocenters. The normalized spacial score (nSPS) is 15.4. The predicted octanol–water partition coefficient (Wildman–Crippen LogP) is 3.59. The van der Waals surface area contributed by atoms with Crippen molar-refractivity contribution in [3.8, 4) is 17.2 Å². The summed E-state index contributed by atoms with van der Waals surface area (Å²) in [6, 6.07) is 8.46. The van der Waals surface area contributed by atoms with Gasteiger partial charge in [0.15, 0.2) is 23.6 Å². The molecule has 4 aromatic rings. The number of nitrogens with zero attached hydrogens (tertiary/aromatic N) is 7. The molecule has 3 heterocycles. The van der Waals surface area contributed by atoms with Crippen LogP contribution in [-0.4, -0.2) is 63.6 Å². The van der Waals surface area contributed by atoms with Crippen LogP contribution in [0.1, 0.15) is 18.7 Å². The molecule has 1 aliphatic carbocycles. The highest BCUT2D eigenvalue weighted by atomic mass is 35.5. The van der Waals surface area contributed by atoms with Gasteiger partial charge in [0.1, 0.15) is 18.3 Å². The number of hydrogen-bond acceptors (Lipinski definition) is 7. The van der Waals surface area contributed by atoms with Gasteiger partial charge in [-0.2, -0.15) is 26.3 Å². The van der Waals surface area contributed by atoms with E-state index in [-0.39, 0.29) is 41.6 Å². The first-order valence-electron chi connectivity index (χ1n) is 12.1. The third-order valence-corrected chi connectivity index (χ3v) is 6.82. The Morgan fingerprint density at radius 1 is 1.07 bits per heavy atom. The lowest BCUT2D eigenvalue weighted by molar-refractivity contribution is -0.207. The van der Waals surface area contributed by atoms with Crippen molar-refractivity contribution in [1.29, 1.82) is 0 Å². The number of hydrogen-bond donors (Lipinski definition) is 2. The average molecular weight is 617 g/mol. The summed E-state index contributed by atoms with van der Waals surface area (Å²) in [5.41, 5.74) is -3.33. The van der Waals surface area contributed by atoms with Crippen molar-refractivity contribution in [2.45, 2.75) is 44.4 Å². The van der Waals surface area contributed by atoms with Gasteiger partial charge in [-0.25, -0.2) is 24.1 Å². The molecule has 1 aliphatic rings. The van der Waals surface area contributed by atoms with Crippen molar-refractivity contribution in [2.24, 2.45) is 5.41 Å². The zero-order valence-corrected chi connectivity index (χ0v) is 21.8. The summed E-state index contributed by atoms with van der Waals surface area (Å²) in [7, 11) is 0. The fraction of sp³-hybridized carbons (Fsp3) is 0.333. The first-order valence-corrected chi connectivity index (χ1v) is 12.5. The van der Waals surface area contributed by atoms with Gasteiger partial charge in [-0.05, 0) is 49.2 Å². The first kappa shape index (κ1) is 29.2. The van der Waals surface area contributed by atoms with Crippen molar-refractivity contribution < 1.29 is 36.2 Å². The number of aromatic nitrogens is 7. The van der Waals surface area contributed by atoms with E-state index in [4.69, 9.17) is 11.6 Å².